The third kappa shape index (κ3) is 1.18. The zero-order chi connectivity index (χ0) is 6.85. The van der Waals surface area contributed by atoms with Crippen LogP contribution in [0.1, 0.15) is 6.42 Å². The summed E-state index contributed by atoms with van der Waals surface area (Å²) in [6, 6.07) is 0. The lowest BCUT2D eigenvalue weighted by molar-refractivity contribution is -0.127. The molecule has 0 radical (unpaired) electrons. The van der Waals surface area contributed by atoms with Crippen LogP contribution in [0.4, 0.5) is 0 Å². The van der Waals surface area contributed by atoms with E-state index in [1.54, 1.807) is 7.05 Å². The zero-order valence-electron chi connectivity index (χ0n) is 5.18. The highest BCUT2D eigenvalue weighted by Gasteiger charge is 2.17. The van der Waals surface area contributed by atoms with E-state index in [-0.39, 0.29) is 5.91 Å². The Hall–Kier alpha value is -0.640. The van der Waals surface area contributed by atoms with Crippen LogP contribution >= 0.6 is 12.2 Å². The summed E-state index contributed by atoms with van der Waals surface area (Å²) in [4.78, 5) is 12.3. The molecule has 9 heavy (non-hydrogen) atoms. The summed E-state index contributed by atoms with van der Waals surface area (Å²) in [7, 11) is 1.68. The number of rotatable bonds is 0. The molecule has 0 spiro atoms. The Bertz CT molecular complexity index is 141. The third-order valence-corrected chi connectivity index (χ3v) is 1.71. The lowest BCUT2D eigenvalue weighted by Gasteiger charge is -2.23. The van der Waals surface area contributed by atoms with Gasteiger partial charge in [-0.3, -0.25) is 9.69 Å². The molecule has 0 aliphatic carbocycles. The number of thiocarbonyl (C=S) groups is 1. The predicted molar refractivity (Wildman–Crippen MR) is 38.0 cm³/mol. The molecule has 4 heteroatoms. The van der Waals surface area contributed by atoms with Crippen molar-refractivity contribution in [3.05, 3.63) is 0 Å². The van der Waals surface area contributed by atoms with Gasteiger partial charge in [0.1, 0.15) is 0 Å². The van der Waals surface area contributed by atoms with E-state index in [1.807, 2.05) is 0 Å². The van der Waals surface area contributed by atoms with Crippen LogP contribution in [0.2, 0.25) is 0 Å². The smallest absolute Gasteiger partial charge is 0.230 e. The van der Waals surface area contributed by atoms with E-state index in [2.05, 4.69) is 5.32 Å². The van der Waals surface area contributed by atoms with Gasteiger partial charge in [-0.2, -0.15) is 0 Å². The van der Waals surface area contributed by atoms with Gasteiger partial charge in [0.2, 0.25) is 5.91 Å². The van der Waals surface area contributed by atoms with Gasteiger partial charge in [0.25, 0.3) is 0 Å². The van der Waals surface area contributed by atoms with Crippen LogP contribution in [0.15, 0.2) is 0 Å². The fourth-order valence-electron chi connectivity index (χ4n) is 0.676. The van der Waals surface area contributed by atoms with Crippen molar-refractivity contribution in [2.75, 3.05) is 13.6 Å². The summed E-state index contributed by atoms with van der Waals surface area (Å²) in [5.41, 5.74) is 0. The van der Waals surface area contributed by atoms with Crippen molar-refractivity contribution in [3.8, 4) is 0 Å². The highest BCUT2D eigenvalue weighted by atomic mass is 32.1. The number of nitrogens with one attached hydrogen (secondary N) is 1. The second kappa shape index (κ2) is 2.31. The van der Waals surface area contributed by atoms with Crippen LogP contribution in [-0.2, 0) is 4.79 Å². The molecule has 1 heterocycles. The monoisotopic (exact) mass is 144 g/mol. The van der Waals surface area contributed by atoms with Gasteiger partial charge in [0, 0.05) is 20.0 Å². The maximum Gasteiger partial charge on any atom is 0.230 e. The molecule has 3 nitrogen and oxygen atoms in total. The normalized spacial score (nSPS) is 19.9. The van der Waals surface area contributed by atoms with E-state index in [4.69, 9.17) is 12.2 Å². The largest absolute Gasteiger partial charge is 0.362 e. The summed E-state index contributed by atoms with van der Waals surface area (Å²) in [5, 5.41) is 3.43. The Morgan fingerprint density at radius 1 is 1.78 bits per heavy atom. The highest BCUT2D eigenvalue weighted by molar-refractivity contribution is 7.80. The fraction of sp³-hybridized carbons (Fsp3) is 0.600. The van der Waals surface area contributed by atoms with Crippen molar-refractivity contribution in [3.63, 3.8) is 0 Å². The number of hydrogen-bond donors (Lipinski definition) is 1. The molecule has 0 bridgehead atoms. The Labute approximate surface area is 59.0 Å². The molecule has 1 aliphatic rings. The SMILES string of the molecule is CN1C(=O)CCNC1=S. The van der Waals surface area contributed by atoms with Crippen LogP contribution in [0.25, 0.3) is 0 Å². The van der Waals surface area contributed by atoms with Gasteiger partial charge in [-0.1, -0.05) is 0 Å². The third-order valence-electron chi connectivity index (χ3n) is 1.29. The molecule has 50 valence electrons. The van der Waals surface area contributed by atoms with Crippen molar-refractivity contribution >= 4 is 23.2 Å². The molecule has 1 aliphatic heterocycles. The number of hydrogen-bond acceptors (Lipinski definition) is 2. The van der Waals surface area contributed by atoms with Gasteiger partial charge in [0.15, 0.2) is 5.11 Å². The quantitative estimate of drug-likeness (QED) is 0.475. The van der Waals surface area contributed by atoms with E-state index < -0.39 is 0 Å². The summed E-state index contributed by atoms with van der Waals surface area (Å²) < 4.78 is 0. The Morgan fingerprint density at radius 2 is 2.44 bits per heavy atom. The minimum Gasteiger partial charge on any atom is -0.362 e. The molecule has 1 amide bonds. The summed E-state index contributed by atoms with van der Waals surface area (Å²) in [6.45, 7) is 0.683. The zero-order valence-corrected chi connectivity index (χ0v) is 5.99. The molecular weight excluding hydrogens is 136 g/mol. The lowest BCUT2D eigenvalue weighted by atomic mass is 10.3. The average molecular weight is 144 g/mol. The Morgan fingerprint density at radius 3 is 2.89 bits per heavy atom. The van der Waals surface area contributed by atoms with Crippen molar-refractivity contribution in [2.24, 2.45) is 0 Å². The first-order valence-electron chi connectivity index (χ1n) is 2.76. The van der Waals surface area contributed by atoms with Crippen molar-refractivity contribution in [1.29, 1.82) is 0 Å². The molecule has 0 atom stereocenters. The van der Waals surface area contributed by atoms with Gasteiger partial charge >= 0.3 is 0 Å². The topological polar surface area (TPSA) is 32.3 Å². The van der Waals surface area contributed by atoms with E-state index in [1.165, 1.54) is 4.90 Å². The summed E-state index contributed by atoms with van der Waals surface area (Å²) in [6.07, 6.45) is 0.552. The second-order valence-corrected chi connectivity index (χ2v) is 2.32. The summed E-state index contributed by atoms with van der Waals surface area (Å²) >= 11 is 4.80. The molecule has 0 aromatic carbocycles. The lowest BCUT2D eigenvalue weighted by Crippen LogP contribution is -2.47. The van der Waals surface area contributed by atoms with E-state index in [0.29, 0.717) is 18.1 Å². The minimum atomic E-state index is 0.0961. The summed E-state index contributed by atoms with van der Waals surface area (Å²) in [5.74, 6) is 0.0961. The first-order chi connectivity index (χ1) is 4.22. The van der Waals surface area contributed by atoms with Crippen molar-refractivity contribution in [2.45, 2.75) is 6.42 Å². The first-order valence-corrected chi connectivity index (χ1v) is 3.17. The van der Waals surface area contributed by atoms with Crippen LogP contribution < -0.4 is 5.32 Å². The Kier molecular flexibility index (Phi) is 1.66. The average Bonchev–Trinajstić information content (AvgIpc) is 1.83. The molecule has 0 aromatic heterocycles. The minimum absolute atomic E-state index is 0.0961. The van der Waals surface area contributed by atoms with E-state index in [9.17, 15) is 4.79 Å². The highest BCUT2D eigenvalue weighted by Crippen LogP contribution is 1.96. The number of nitrogens with zero attached hydrogens (tertiary/aromatic N) is 1. The predicted octanol–water partition coefficient (Wildman–Crippen LogP) is -0.277. The van der Waals surface area contributed by atoms with Gasteiger partial charge in [-0.05, 0) is 12.2 Å². The molecule has 1 saturated heterocycles. The molecule has 1 fully saturated rings. The standard InChI is InChI=1S/C5H8N2OS/c1-7-4(8)2-3-6-5(7)9/h2-3H2,1H3,(H,6,9). The van der Waals surface area contributed by atoms with E-state index >= 15 is 0 Å². The van der Waals surface area contributed by atoms with Crippen LogP contribution in [0.3, 0.4) is 0 Å². The molecular formula is C5H8N2OS. The molecule has 1 rings (SSSR count). The van der Waals surface area contributed by atoms with Crippen molar-refractivity contribution in [1.82, 2.24) is 10.2 Å². The molecule has 0 aromatic rings. The van der Waals surface area contributed by atoms with Crippen molar-refractivity contribution < 1.29 is 4.79 Å². The van der Waals surface area contributed by atoms with Gasteiger partial charge in [0.05, 0.1) is 0 Å². The van der Waals surface area contributed by atoms with Crippen LogP contribution in [0.5, 0.6) is 0 Å². The van der Waals surface area contributed by atoms with Crippen LogP contribution in [-0.4, -0.2) is 29.5 Å². The van der Waals surface area contributed by atoms with Gasteiger partial charge in [-0.25, -0.2) is 0 Å². The van der Waals surface area contributed by atoms with E-state index in [0.717, 1.165) is 0 Å². The number of carbonyl (C=O) groups excluding carboxylic acids is 1. The van der Waals surface area contributed by atoms with Gasteiger partial charge < -0.3 is 5.32 Å². The number of amides is 1. The van der Waals surface area contributed by atoms with Crippen LogP contribution in [0, 0.1) is 0 Å². The second-order valence-electron chi connectivity index (χ2n) is 1.93. The first kappa shape index (κ1) is 6.48. The fourth-order valence-corrected chi connectivity index (χ4v) is 0.880. The Balaban J connectivity index is 2.62. The molecule has 1 N–H and O–H groups in total. The maximum absolute atomic E-state index is 10.8. The maximum atomic E-state index is 10.8. The molecule has 0 saturated carbocycles. The number of carbonyl (C=O) groups is 1. The van der Waals surface area contributed by atoms with Gasteiger partial charge in [-0.15, -0.1) is 0 Å². The molecule has 0 unspecified atom stereocenters.